The Hall–Kier alpha value is -1.70. The normalized spacial score (nSPS) is 18.3. The number of carbonyl (C=O) groups excluding carboxylic acids is 1. The average Bonchev–Trinajstić information content (AvgIpc) is 3.08. The van der Waals surface area contributed by atoms with Crippen LogP contribution >= 0.6 is 12.2 Å². The molecule has 29 heavy (non-hydrogen) atoms. The van der Waals surface area contributed by atoms with E-state index < -0.39 is 0 Å². The highest BCUT2D eigenvalue weighted by molar-refractivity contribution is 7.80. The van der Waals surface area contributed by atoms with Gasteiger partial charge in [-0.1, -0.05) is 6.07 Å². The van der Waals surface area contributed by atoms with Crippen molar-refractivity contribution >= 4 is 28.9 Å². The zero-order valence-corrected chi connectivity index (χ0v) is 18.6. The number of piperidine rings is 1. The minimum atomic E-state index is 0.0902. The van der Waals surface area contributed by atoms with Gasteiger partial charge in [-0.2, -0.15) is 0 Å². The van der Waals surface area contributed by atoms with Crippen molar-refractivity contribution in [3.63, 3.8) is 0 Å². The minimum Gasteiger partial charge on any atom is -0.382 e. The number of hydrogen-bond acceptors (Lipinski definition) is 4. The smallest absolute Gasteiger partial charge is 0.248 e. The Bertz CT molecular complexity index is 712. The standard InChI is InChI=1S/C22H33N3O3S/c1-17-12-18(2)14-19(13-17)23-21(29)24-7-4-22(5-8-24)6-9-25(16-22)20(26)15-28-11-10-27-3/h12-14H,4-11,15-16H2,1-3H3,(H,23,29). The van der Waals surface area contributed by atoms with E-state index in [1.54, 1.807) is 7.11 Å². The number of benzene rings is 1. The molecule has 0 saturated carbocycles. The number of amides is 1. The zero-order chi connectivity index (χ0) is 20.9. The summed E-state index contributed by atoms with van der Waals surface area (Å²) in [6.07, 6.45) is 3.20. The Morgan fingerprint density at radius 1 is 1.07 bits per heavy atom. The minimum absolute atomic E-state index is 0.0902. The molecule has 1 spiro atoms. The van der Waals surface area contributed by atoms with E-state index in [1.165, 1.54) is 11.1 Å². The Morgan fingerprint density at radius 3 is 2.31 bits per heavy atom. The molecule has 2 saturated heterocycles. The SMILES string of the molecule is COCCOCC(=O)N1CCC2(CCN(C(=S)Nc3cc(C)cc(C)c3)CC2)C1. The van der Waals surface area contributed by atoms with Crippen LogP contribution in [0.3, 0.4) is 0 Å². The van der Waals surface area contributed by atoms with Crippen LogP contribution in [0.25, 0.3) is 0 Å². The van der Waals surface area contributed by atoms with E-state index in [2.05, 4.69) is 42.3 Å². The first-order valence-electron chi connectivity index (χ1n) is 10.4. The van der Waals surface area contributed by atoms with Crippen LogP contribution in [0.1, 0.15) is 30.4 Å². The first-order chi connectivity index (χ1) is 13.9. The number of anilines is 1. The summed E-state index contributed by atoms with van der Waals surface area (Å²) < 4.78 is 10.3. The van der Waals surface area contributed by atoms with Crippen molar-refractivity contribution in [3.05, 3.63) is 29.3 Å². The first kappa shape index (κ1) is 22.0. The second-order valence-electron chi connectivity index (χ2n) is 8.40. The molecule has 160 valence electrons. The highest BCUT2D eigenvalue weighted by Gasteiger charge is 2.42. The van der Waals surface area contributed by atoms with Gasteiger partial charge in [0.25, 0.3) is 0 Å². The molecule has 2 fully saturated rings. The summed E-state index contributed by atoms with van der Waals surface area (Å²) >= 11 is 5.66. The van der Waals surface area contributed by atoms with Crippen LogP contribution in [0.5, 0.6) is 0 Å². The van der Waals surface area contributed by atoms with Crippen molar-refractivity contribution in [2.45, 2.75) is 33.1 Å². The van der Waals surface area contributed by atoms with Crippen molar-refractivity contribution in [2.75, 3.05) is 58.4 Å². The van der Waals surface area contributed by atoms with Crippen molar-refractivity contribution in [3.8, 4) is 0 Å². The maximum Gasteiger partial charge on any atom is 0.248 e. The molecule has 0 atom stereocenters. The third kappa shape index (κ3) is 5.90. The summed E-state index contributed by atoms with van der Waals surface area (Å²) in [6, 6.07) is 6.41. The average molecular weight is 420 g/mol. The number of nitrogens with one attached hydrogen (secondary N) is 1. The van der Waals surface area contributed by atoms with Gasteiger partial charge in [0.2, 0.25) is 5.91 Å². The molecule has 3 rings (SSSR count). The van der Waals surface area contributed by atoms with Gasteiger partial charge >= 0.3 is 0 Å². The maximum atomic E-state index is 12.4. The number of nitrogens with zero attached hydrogens (tertiary/aromatic N) is 2. The highest BCUT2D eigenvalue weighted by Crippen LogP contribution is 2.40. The van der Waals surface area contributed by atoms with Crippen LogP contribution in [0.2, 0.25) is 0 Å². The third-order valence-corrected chi connectivity index (χ3v) is 6.39. The molecule has 1 aromatic rings. The van der Waals surface area contributed by atoms with Gasteiger partial charge < -0.3 is 24.6 Å². The molecule has 1 N–H and O–H groups in total. The summed E-state index contributed by atoms with van der Waals surface area (Å²) in [7, 11) is 1.63. The fraction of sp³-hybridized carbons (Fsp3) is 0.636. The Labute approximate surface area is 179 Å². The first-order valence-corrected chi connectivity index (χ1v) is 10.8. The van der Waals surface area contributed by atoms with E-state index in [1.807, 2.05) is 4.90 Å². The summed E-state index contributed by atoms with van der Waals surface area (Å²) in [6.45, 7) is 8.86. The predicted octanol–water partition coefficient (Wildman–Crippen LogP) is 2.98. The van der Waals surface area contributed by atoms with Crippen LogP contribution in [0, 0.1) is 19.3 Å². The lowest BCUT2D eigenvalue weighted by Crippen LogP contribution is -2.46. The fourth-order valence-corrected chi connectivity index (χ4v) is 4.68. The zero-order valence-electron chi connectivity index (χ0n) is 17.8. The van der Waals surface area contributed by atoms with Gasteiger partial charge in [0.05, 0.1) is 13.2 Å². The molecular weight excluding hydrogens is 386 g/mol. The largest absolute Gasteiger partial charge is 0.382 e. The van der Waals surface area contributed by atoms with Gasteiger partial charge in [0, 0.05) is 39.0 Å². The molecule has 6 nitrogen and oxygen atoms in total. The van der Waals surface area contributed by atoms with Gasteiger partial charge in [-0.3, -0.25) is 4.79 Å². The lowest BCUT2D eigenvalue weighted by molar-refractivity contribution is -0.136. The molecule has 0 aliphatic carbocycles. The molecule has 0 unspecified atom stereocenters. The number of rotatable bonds is 6. The van der Waals surface area contributed by atoms with Gasteiger partial charge in [-0.05, 0) is 74.0 Å². The number of methoxy groups -OCH3 is 1. The van der Waals surface area contributed by atoms with Crippen molar-refractivity contribution < 1.29 is 14.3 Å². The fourth-order valence-electron chi connectivity index (χ4n) is 4.38. The number of hydrogen-bond donors (Lipinski definition) is 1. The van der Waals surface area contributed by atoms with Crippen LogP contribution < -0.4 is 5.32 Å². The summed E-state index contributed by atoms with van der Waals surface area (Å²) in [5.74, 6) is 0.0902. The van der Waals surface area contributed by atoms with E-state index in [4.69, 9.17) is 21.7 Å². The van der Waals surface area contributed by atoms with Crippen LogP contribution in [-0.2, 0) is 14.3 Å². The van der Waals surface area contributed by atoms with Crippen molar-refractivity contribution in [1.82, 2.24) is 9.80 Å². The Balaban J connectivity index is 1.46. The molecule has 0 aromatic heterocycles. The topological polar surface area (TPSA) is 54.0 Å². The van der Waals surface area contributed by atoms with E-state index in [-0.39, 0.29) is 17.9 Å². The number of ether oxygens (including phenoxy) is 2. The van der Waals surface area contributed by atoms with Crippen molar-refractivity contribution in [1.29, 1.82) is 0 Å². The van der Waals surface area contributed by atoms with Gasteiger partial charge in [0.1, 0.15) is 6.61 Å². The number of carbonyl (C=O) groups is 1. The molecule has 1 aromatic carbocycles. The lowest BCUT2D eigenvalue weighted by atomic mass is 9.78. The third-order valence-electron chi connectivity index (χ3n) is 6.03. The summed E-state index contributed by atoms with van der Waals surface area (Å²) in [5, 5.41) is 4.19. The lowest BCUT2D eigenvalue weighted by Gasteiger charge is -2.40. The van der Waals surface area contributed by atoms with Crippen molar-refractivity contribution in [2.24, 2.45) is 5.41 Å². The van der Waals surface area contributed by atoms with Crippen LogP contribution in [-0.4, -0.2) is 73.9 Å². The van der Waals surface area contributed by atoms with Crippen LogP contribution in [0.4, 0.5) is 5.69 Å². The molecule has 0 radical (unpaired) electrons. The second kappa shape index (κ2) is 9.87. The second-order valence-corrected chi connectivity index (χ2v) is 8.79. The van der Waals surface area contributed by atoms with E-state index in [0.29, 0.717) is 13.2 Å². The van der Waals surface area contributed by atoms with Gasteiger partial charge in [-0.25, -0.2) is 0 Å². The molecular formula is C22H33N3O3S. The maximum absolute atomic E-state index is 12.4. The molecule has 0 bridgehead atoms. The predicted molar refractivity (Wildman–Crippen MR) is 119 cm³/mol. The van der Waals surface area contributed by atoms with Crippen LogP contribution in [0.15, 0.2) is 18.2 Å². The van der Waals surface area contributed by atoms with E-state index in [9.17, 15) is 4.79 Å². The quantitative estimate of drug-likeness (QED) is 0.565. The van der Waals surface area contributed by atoms with Gasteiger partial charge in [0.15, 0.2) is 5.11 Å². The number of aryl methyl sites for hydroxylation is 2. The summed E-state index contributed by atoms with van der Waals surface area (Å²) in [4.78, 5) is 16.6. The highest BCUT2D eigenvalue weighted by atomic mass is 32.1. The molecule has 1 amide bonds. The van der Waals surface area contributed by atoms with E-state index >= 15 is 0 Å². The molecule has 2 aliphatic heterocycles. The monoisotopic (exact) mass is 419 g/mol. The molecule has 2 heterocycles. The van der Waals surface area contributed by atoms with E-state index in [0.717, 1.165) is 56.2 Å². The molecule has 7 heteroatoms. The summed E-state index contributed by atoms with van der Waals surface area (Å²) in [5.41, 5.74) is 3.75. The Morgan fingerprint density at radius 2 is 1.69 bits per heavy atom. The number of likely N-dealkylation sites (tertiary alicyclic amines) is 2. The number of thiocarbonyl (C=S) groups is 1. The van der Waals surface area contributed by atoms with Gasteiger partial charge in [-0.15, -0.1) is 0 Å². The molecule has 2 aliphatic rings. The Kier molecular flexibility index (Phi) is 7.49.